The minimum atomic E-state index is 0.281. The molecule has 1 fully saturated rings. The van der Waals surface area contributed by atoms with E-state index in [1.165, 1.54) is 12.8 Å². The number of nitrogens with zero attached hydrogens (tertiary/aromatic N) is 1. The van der Waals surface area contributed by atoms with Gasteiger partial charge in [-0.2, -0.15) is 0 Å². The molecule has 1 heterocycles. The molecule has 106 valence electrons. The lowest BCUT2D eigenvalue weighted by Crippen LogP contribution is -2.37. The maximum absolute atomic E-state index is 5.48. The van der Waals surface area contributed by atoms with Crippen molar-refractivity contribution >= 4 is 0 Å². The molecule has 2 heteroatoms. The van der Waals surface area contributed by atoms with E-state index in [1.807, 2.05) is 0 Å². The molecule has 0 N–H and O–H groups in total. The van der Waals surface area contributed by atoms with Crippen molar-refractivity contribution in [3.63, 3.8) is 0 Å². The third kappa shape index (κ3) is 3.50. The van der Waals surface area contributed by atoms with Gasteiger partial charge in [-0.3, -0.25) is 0 Å². The highest BCUT2D eigenvalue weighted by Crippen LogP contribution is 2.38. The molecule has 0 atom stereocenters. The largest absolute Gasteiger partial charge is 0.378 e. The molecule has 18 heavy (non-hydrogen) atoms. The molecule has 1 aliphatic rings. The summed E-state index contributed by atoms with van der Waals surface area (Å²) in [5.74, 6) is 0.672. The number of hydrogen-bond donors (Lipinski definition) is 0. The van der Waals surface area contributed by atoms with Crippen molar-refractivity contribution in [2.75, 3.05) is 26.3 Å². The molecule has 1 rings (SSSR count). The van der Waals surface area contributed by atoms with Crippen LogP contribution in [0, 0.1) is 11.3 Å². The molecule has 0 aromatic rings. The van der Waals surface area contributed by atoms with E-state index in [1.54, 1.807) is 11.3 Å². The number of hydrogen-bond acceptors (Lipinski definition) is 2. The first kappa shape index (κ1) is 15.6. The molecule has 0 spiro atoms. The Bertz CT molecular complexity index is 285. The Morgan fingerprint density at radius 1 is 1.22 bits per heavy atom. The molecule has 0 radical (unpaired) electrons. The Kier molecular flexibility index (Phi) is 5.71. The SMILES string of the molecule is CCC/C(=C(/C)C(C)(C)C(C)C)N1CCOCC1. The van der Waals surface area contributed by atoms with Crippen LogP contribution in [0.5, 0.6) is 0 Å². The molecule has 1 aliphatic heterocycles. The van der Waals surface area contributed by atoms with Gasteiger partial charge in [0.25, 0.3) is 0 Å². The Morgan fingerprint density at radius 3 is 2.22 bits per heavy atom. The monoisotopic (exact) mass is 253 g/mol. The van der Waals surface area contributed by atoms with Gasteiger partial charge in [-0.25, -0.2) is 0 Å². The van der Waals surface area contributed by atoms with Crippen molar-refractivity contribution in [3.05, 3.63) is 11.3 Å². The maximum atomic E-state index is 5.48. The minimum Gasteiger partial charge on any atom is -0.378 e. The zero-order chi connectivity index (χ0) is 13.8. The van der Waals surface area contributed by atoms with Gasteiger partial charge in [0.15, 0.2) is 0 Å². The molecule has 1 saturated heterocycles. The number of rotatable bonds is 5. The van der Waals surface area contributed by atoms with E-state index in [-0.39, 0.29) is 5.41 Å². The molecule has 0 unspecified atom stereocenters. The summed E-state index contributed by atoms with van der Waals surface area (Å²) in [5, 5.41) is 0. The molecule has 0 aromatic heterocycles. The molecular weight excluding hydrogens is 222 g/mol. The van der Waals surface area contributed by atoms with Crippen LogP contribution in [0.1, 0.15) is 54.4 Å². The van der Waals surface area contributed by atoms with Gasteiger partial charge >= 0.3 is 0 Å². The summed E-state index contributed by atoms with van der Waals surface area (Å²) in [5.41, 5.74) is 3.42. The lowest BCUT2D eigenvalue weighted by atomic mass is 9.74. The van der Waals surface area contributed by atoms with Crippen LogP contribution in [0.3, 0.4) is 0 Å². The highest BCUT2D eigenvalue weighted by molar-refractivity contribution is 5.19. The van der Waals surface area contributed by atoms with E-state index in [0.29, 0.717) is 5.92 Å². The third-order valence-corrected chi connectivity index (χ3v) is 4.72. The van der Waals surface area contributed by atoms with Crippen LogP contribution in [0.25, 0.3) is 0 Å². The van der Waals surface area contributed by atoms with Crippen LogP contribution in [0.2, 0.25) is 0 Å². The van der Waals surface area contributed by atoms with Gasteiger partial charge in [-0.1, -0.05) is 41.0 Å². The second kappa shape index (κ2) is 6.60. The average Bonchev–Trinajstić information content (AvgIpc) is 2.36. The topological polar surface area (TPSA) is 12.5 Å². The van der Waals surface area contributed by atoms with E-state index in [2.05, 4.69) is 46.4 Å². The summed E-state index contributed by atoms with van der Waals surface area (Å²) in [6.07, 6.45) is 2.42. The van der Waals surface area contributed by atoms with Gasteiger partial charge in [-0.05, 0) is 30.3 Å². The summed E-state index contributed by atoms with van der Waals surface area (Å²) in [6.45, 7) is 17.9. The fourth-order valence-electron chi connectivity index (χ4n) is 2.46. The van der Waals surface area contributed by atoms with Crippen molar-refractivity contribution in [1.82, 2.24) is 4.90 Å². The van der Waals surface area contributed by atoms with Crippen LogP contribution in [-0.2, 0) is 4.74 Å². The lowest BCUT2D eigenvalue weighted by Gasteiger charge is -2.38. The van der Waals surface area contributed by atoms with Gasteiger partial charge < -0.3 is 9.64 Å². The summed E-state index contributed by atoms with van der Waals surface area (Å²) < 4.78 is 5.48. The average molecular weight is 253 g/mol. The molecule has 0 aliphatic carbocycles. The van der Waals surface area contributed by atoms with Crippen LogP contribution < -0.4 is 0 Å². The van der Waals surface area contributed by atoms with Crippen LogP contribution in [0.15, 0.2) is 11.3 Å². The Labute approximate surface area is 113 Å². The zero-order valence-corrected chi connectivity index (χ0v) is 13.2. The first-order valence-corrected chi connectivity index (χ1v) is 7.44. The van der Waals surface area contributed by atoms with Gasteiger partial charge in [0.2, 0.25) is 0 Å². The molecule has 0 bridgehead atoms. The highest BCUT2D eigenvalue weighted by Gasteiger charge is 2.28. The van der Waals surface area contributed by atoms with Gasteiger partial charge in [0, 0.05) is 18.8 Å². The van der Waals surface area contributed by atoms with Crippen LogP contribution in [0.4, 0.5) is 0 Å². The Balaban J connectivity index is 2.99. The fraction of sp³-hybridized carbons (Fsp3) is 0.875. The predicted molar refractivity (Wildman–Crippen MR) is 78.6 cm³/mol. The first-order valence-electron chi connectivity index (χ1n) is 7.44. The second-order valence-corrected chi connectivity index (χ2v) is 6.30. The van der Waals surface area contributed by atoms with Crippen molar-refractivity contribution in [2.24, 2.45) is 11.3 Å². The minimum absolute atomic E-state index is 0.281. The van der Waals surface area contributed by atoms with Crippen LogP contribution >= 0.6 is 0 Å². The molecule has 0 aromatic carbocycles. The summed E-state index contributed by atoms with van der Waals surface area (Å²) in [7, 11) is 0. The second-order valence-electron chi connectivity index (χ2n) is 6.30. The third-order valence-electron chi connectivity index (χ3n) is 4.72. The van der Waals surface area contributed by atoms with E-state index < -0.39 is 0 Å². The van der Waals surface area contributed by atoms with E-state index >= 15 is 0 Å². The van der Waals surface area contributed by atoms with E-state index in [0.717, 1.165) is 26.3 Å². The standard InChI is InChI=1S/C16H31NO/c1-7-8-15(17-9-11-18-12-10-17)14(4)16(5,6)13(2)3/h13H,7-12H2,1-6H3/b15-14+. The number of ether oxygens (including phenoxy) is 1. The van der Waals surface area contributed by atoms with Crippen LogP contribution in [-0.4, -0.2) is 31.2 Å². The van der Waals surface area contributed by atoms with Crippen molar-refractivity contribution < 1.29 is 4.74 Å². The first-order chi connectivity index (χ1) is 8.41. The van der Waals surface area contributed by atoms with Crippen molar-refractivity contribution in [2.45, 2.75) is 54.4 Å². The maximum Gasteiger partial charge on any atom is 0.0642 e. The van der Waals surface area contributed by atoms with Crippen molar-refractivity contribution in [1.29, 1.82) is 0 Å². The molecular formula is C16H31NO. The smallest absolute Gasteiger partial charge is 0.0642 e. The molecule has 2 nitrogen and oxygen atoms in total. The Hall–Kier alpha value is -0.500. The van der Waals surface area contributed by atoms with Gasteiger partial charge in [0.05, 0.1) is 13.2 Å². The number of morpholine rings is 1. The Morgan fingerprint density at radius 2 is 1.78 bits per heavy atom. The zero-order valence-electron chi connectivity index (χ0n) is 13.2. The summed E-state index contributed by atoms with van der Waals surface area (Å²) in [4.78, 5) is 2.55. The fourth-order valence-corrected chi connectivity index (χ4v) is 2.46. The van der Waals surface area contributed by atoms with Crippen molar-refractivity contribution in [3.8, 4) is 0 Å². The number of allylic oxidation sites excluding steroid dienone is 2. The molecule has 0 saturated carbocycles. The van der Waals surface area contributed by atoms with E-state index in [4.69, 9.17) is 4.74 Å². The predicted octanol–water partition coefficient (Wildman–Crippen LogP) is 4.07. The quantitative estimate of drug-likeness (QED) is 0.732. The normalized spacial score (nSPS) is 19.2. The van der Waals surface area contributed by atoms with Gasteiger partial charge in [0.1, 0.15) is 0 Å². The van der Waals surface area contributed by atoms with Gasteiger partial charge in [-0.15, -0.1) is 0 Å². The lowest BCUT2D eigenvalue weighted by molar-refractivity contribution is 0.0503. The van der Waals surface area contributed by atoms with E-state index in [9.17, 15) is 0 Å². The summed E-state index contributed by atoms with van der Waals surface area (Å²) >= 11 is 0. The molecule has 0 amide bonds. The summed E-state index contributed by atoms with van der Waals surface area (Å²) in [6, 6.07) is 0. The highest BCUT2D eigenvalue weighted by atomic mass is 16.5.